The summed E-state index contributed by atoms with van der Waals surface area (Å²) < 4.78 is 18.0. The molecule has 2 rings (SSSR count). The number of hydrogen-bond donors (Lipinski definition) is 1. The number of nitriles is 1. The van der Waals surface area contributed by atoms with Crippen molar-refractivity contribution in [1.82, 2.24) is 4.98 Å². The molecule has 1 N–H and O–H groups in total. The third-order valence-electron chi connectivity index (χ3n) is 2.45. The number of anilines is 1. The Kier molecular flexibility index (Phi) is 3.58. The van der Waals surface area contributed by atoms with E-state index in [1.54, 1.807) is 19.1 Å². The van der Waals surface area contributed by atoms with E-state index in [-0.39, 0.29) is 11.5 Å². The van der Waals surface area contributed by atoms with Gasteiger partial charge in [0, 0.05) is 13.5 Å². The Labute approximate surface area is 104 Å². The highest BCUT2D eigenvalue weighted by Gasteiger charge is 2.09. The second kappa shape index (κ2) is 5.32. The number of benzene rings is 1. The van der Waals surface area contributed by atoms with Crippen LogP contribution in [0.15, 0.2) is 28.7 Å². The Morgan fingerprint density at radius 3 is 2.78 bits per heavy atom. The molecule has 2 aromatic rings. The van der Waals surface area contributed by atoms with E-state index in [4.69, 9.17) is 9.68 Å². The number of aryl methyl sites for hydroxylation is 1. The number of oxazole rings is 1. The minimum Gasteiger partial charge on any atom is -0.424 e. The van der Waals surface area contributed by atoms with Crippen molar-refractivity contribution in [2.75, 3.05) is 11.9 Å². The van der Waals surface area contributed by atoms with Gasteiger partial charge in [-0.2, -0.15) is 5.26 Å². The van der Waals surface area contributed by atoms with Gasteiger partial charge in [-0.05, 0) is 24.1 Å². The van der Waals surface area contributed by atoms with Crippen LogP contribution in [0.3, 0.4) is 0 Å². The molecule has 0 radical (unpaired) electrons. The molecule has 18 heavy (non-hydrogen) atoms. The first kappa shape index (κ1) is 12.1. The molecule has 92 valence electrons. The van der Waals surface area contributed by atoms with Gasteiger partial charge in [0.05, 0.1) is 0 Å². The van der Waals surface area contributed by atoms with E-state index in [1.165, 1.54) is 12.1 Å². The molecule has 1 aromatic heterocycles. The van der Waals surface area contributed by atoms with Crippen molar-refractivity contribution in [2.45, 2.75) is 13.3 Å². The molecule has 0 saturated carbocycles. The van der Waals surface area contributed by atoms with E-state index in [2.05, 4.69) is 10.3 Å². The van der Waals surface area contributed by atoms with Crippen LogP contribution in [0.2, 0.25) is 0 Å². The van der Waals surface area contributed by atoms with Crippen molar-refractivity contribution in [1.29, 1.82) is 5.26 Å². The van der Waals surface area contributed by atoms with Gasteiger partial charge in [-0.1, -0.05) is 12.1 Å². The van der Waals surface area contributed by atoms with Crippen molar-refractivity contribution >= 4 is 5.88 Å². The molecule has 0 bridgehead atoms. The summed E-state index contributed by atoms with van der Waals surface area (Å²) in [5, 5.41) is 11.8. The van der Waals surface area contributed by atoms with Crippen LogP contribution in [-0.2, 0) is 6.42 Å². The molecule has 1 heterocycles. The van der Waals surface area contributed by atoms with Crippen LogP contribution in [0.25, 0.3) is 0 Å². The summed E-state index contributed by atoms with van der Waals surface area (Å²) in [6.07, 6.45) is 0.713. The quantitative estimate of drug-likeness (QED) is 0.899. The Morgan fingerprint density at radius 1 is 1.39 bits per heavy atom. The summed E-state index contributed by atoms with van der Waals surface area (Å²) in [6, 6.07) is 8.27. The zero-order valence-electron chi connectivity index (χ0n) is 9.90. The number of rotatable bonds is 4. The molecule has 1 aromatic carbocycles. The van der Waals surface area contributed by atoms with Crippen LogP contribution in [0, 0.1) is 24.1 Å². The van der Waals surface area contributed by atoms with Gasteiger partial charge in [0.1, 0.15) is 11.9 Å². The number of hydrogen-bond acceptors (Lipinski definition) is 4. The summed E-state index contributed by atoms with van der Waals surface area (Å²) >= 11 is 0. The minimum absolute atomic E-state index is 0.246. The summed E-state index contributed by atoms with van der Waals surface area (Å²) in [5.74, 6) is 0.595. The predicted molar refractivity (Wildman–Crippen MR) is 64.5 cm³/mol. The SMILES string of the molecule is Cc1nc(C#N)c(NCCc2ccc(F)cc2)o1. The molecule has 0 fully saturated rings. The Hall–Kier alpha value is -2.35. The van der Waals surface area contributed by atoms with Crippen LogP contribution >= 0.6 is 0 Å². The van der Waals surface area contributed by atoms with Crippen molar-refractivity contribution in [3.63, 3.8) is 0 Å². The largest absolute Gasteiger partial charge is 0.424 e. The molecule has 0 atom stereocenters. The van der Waals surface area contributed by atoms with Gasteiger partial charge in [0.25, 0.3) is 0 Å². The third kappa shape index (κ3) is 2.86. The summed E-state index contributed by atoms with van der Waals surface area (Å²) in [7, 11) is 0. The zero-order chi connectivity index (χ0) is 13.0. The van der Waals surface area contributed by atoms with Crippen molar-refractivity contribution in [2.24, 2.45) is 0 Å². The third-order valence-corrected chi connectivity index (χ3v) is 2.45. The van der Waals surface area contributed by atoms with E-state index in [1.807, 2.05) is 6.07 Å². The van der Waals surface area contributed by atoms with Gasteiger partial charge in [-0.25, -0.2) is 9.37 Å². The smallest absolute Gasteiger partial charge is 0.232 e. The summed E-state index contributed by atoms with van der Waals surface area (Å²) in [4.78, 5) is 3.93. The van der Waals surface area contributed by atoms with Crippen LogP contribution in [0.1, 0.15) is 17.1 Å². The first-order chi connectivity index (χ1) is 8.69. The highest BCUT2D eigenvalue weighted by Crippen LogP contribution is 2.15. The van der Waals surface area contributed by atoms with Crippen LogP contribution in [0.4, 0.5) is 10.3 Å². The molecule has 0 unspecified atom stereocenters. The molecular weight excluding hydrogens is 233 g/mol. The van der Waals surface area contributed by atoms with Gasteiger partial charge in [-0.3, -0.25) is 0 Å². The normalized spacial score (nSPS) is 10.1. The van der Waals surface area contributed by atoms with Crippen molar-refractivity contribution in [3.8, 4) is 6.07 Å². The first-order valence-electron chi connectivity index (χ1n) is 5.55. The van der Waals surface area contributed by atoms with E-state index in [0.29, 0.717) is 24.7 Å². The maximum atomic E-state index is 12.7. The average molecular weight is 245 g/mol. The topological polar surface area (TPSA) is 61.9 Å². The lowest BCUT2D eigenvalue weighted by Crippen LogP contribution is -2.05. The maximum absolute atomic E-state index is 12.7. The molecule has 4 nitrogen and oxygen atoms in total. The number of nitrogens with one attached hydrogen (secondary N) is 1. The zero-order valence-corrected chi connectivity index (χ0v) is 9.90. The van der Waals surface area contributed by atoms with Crippen molar-refractivity contribution < 1.29 is 8.81 Å². The lowest BCUT2D eigenvalue weighted by atomic mass is 10.1. The molecule has 0 amide bonds. The van der Waals surface area contributed by atoms with E-state index < -0.39 is 0 Å². The fourth-order valence-electron chi connectivity index (χ4n) is 1.59. The average Bonchev–Trinajstić information content (AvgIpc) is 2.72. The molecular formula is C13H12FN3O. The van der Waals surface area contributed by atoms with E-state index in [9.17, 15) is 4.39 Å². The van der Waals surface area contributed by atoms with Crippen LogP contribution < -0.4 is 5.32 Å². The molecule has 5 heteroatoms. The summed E-state index contributed by atoms with van der Waals surface area (Å²) in [6.45, 7) is 2.28. The molecule has 0 spiro atoms. The fourth-order valence-corrected chi connectivity index (χ4v) is 1.59. The Balaban J connectivity index is 1.92. The molecule has 0 aliphatic heterocycles. The lowest BCUT2D eigenvalue weighted by molar-refractivity contribution is 0.532. The van der Waals surface area contributed by atoms with E-state index in [0.717, 1.165) is 5.56 Å². The standard InChI is InChI=1S/C13H12FN3O/c1-9-17-12(8-15)13(18-9)16-7-6-10-2-4-11(14)5-3-10/h2-5,16H,6-7H2,1H3. The van der Waals surface area contributed by atoms with Crippen molar-refractivity contribution in [3.05, 3.63) is 47.2 Å². The van der Waals surface area contributed by atoms with Gasteiger partial charge in [0.15, 0.2) is 5.89 Å². The lowest BCUT2D eigenvalue weighted by Gasteiger charge is -2.03. The second-order valence-electron chi connectivity index (χ2n) is 3.83. The Morgan fingerprint density at radius 2 is 2.11 bits per heavy atom. The van der Waals surface area contributed by atoms with Gasteiger partial charge in [0.2, 0.25) is 11.6 Å². The van der Waals surface area contributed by atoms with Gasteiger partial charge >= 0.3 is 0 Å². The van der Waals surface area contributed by atoms with E-state index >= 15 is 0 Å². The van der Waals surface area contributed by atoms with Crippen LogP contribution in [-0.4, -0.2) is 11.5 Å². The van der Waals surface area contributed by atoms with Gasteiger partial charge in [-0.15, -0.1) is 0 Å². The maximum Gasteiger partial charge on any atom is 0.232 e. The monoisotopic (exact) mass is 245 g/mol. The van der Waals surface area contributed by atoms with Gasteiger partial charge < -0.3 is 9.73 Å². The first-order valence-corrected chi connectivity index (χ1v) is 5.55. The number of aromatic nitrogens is 1. The highest BCUT2D eigenvalue weighted by atomic mass is 19.1. The Bertz CT molecular complexity index is 569. The number of halogens is 1. The summed E-state index contributed by atoms with van der Waals surface area (Å²) in [5.41, 5.74) is 1.27. The second-order valence-corrected chi connectivity index (χ2v) is 3.83. The molecule has 0 saturated heterocycles. The molecule has 0 aliphatic carbocycles. The fraction of sp³-hybridized carbons (Fsp3) is 0.231. The number of nitrogens with zero attached hydrogens (tertiary/aromatic N) is 2. The molecule has 0 aliphatic rings. The highest BCUT2D eigenvalue weighted by molar-refractivity contribution is 5.45. The predicted octanol–water partition coefficient (Wildman–Crippen LogP) is 2.65. The minimum atomic E-state index is -0.246. The van der Waals surface area contributed by atoms with Crippen LogP contribution in [0.5, 0.6) is 0 Å².